The molecule has 6 heteroatoms. The lowest BCUT2D eigenvalue weighted by Crippen LogP contribution is -2.08. The van der Waals surface area contributed by atoms with E-state index in [4.69, 9.17) is 0 Å². The van der Waals surface area contributed by atoms with Crippen molar-refractivity contribution in [2.75, 3.05) is 5.32 Å². The molecule has 0 radical (unpaired) electrons. The molecule has 0 fully saturated rings. The molecule has 1 unspecified atom stereocenters. The minimum absolute atomic E-state index is 0.0735. The fourth-order valence-corrected chi connectivity index (χ4v) is 3.82. The molecule has 18 heavy (non-hydrogen) atoms. The van der Waals surface area contributed by atoms with E-state index in [1.807, 2.05) is 18.4 Å². The first-order chi connectivity index (χ1) is 8.49. The predicted octanol–water partition coefficient (Wildman–Crippen LogP) is 5.72. The van der Waals surface area contributed by atoms with Crippen LogP contribution in [0.25, 0.3) is 0 Å². The number of halogens is 4. The van der Waals surface area contributed by atoms with E-state index in [9.17, 15) is 8.78 Å². The molecule has 0 saturated carbocycles. The predicted molar refractivity (Wildman–Crippen MR) is 78.1 cm³/mol. The van der Waals surface area contributed by atoms with Crippen LogP contribution in [0.1, 0.15) is 17.8 Å². The van der Waals surface area contributed by atoms with Gasteiger partial charge in [0.1, 0.15) is 11.6 Å². The molecular formula is C12H9Br2F2NS. The van der Waals surface area contributed by atoms with Crippen LogP contribution in [0.5, 0.6) is 0 Å². The van der Waals surface area contributed by atoms with Gasteiger partial charge in [-0.1, -0.05) is 0 Å². The molecule has 0 aliphatic heterocycles. The van der Waals surface area contributed by atoms with Crippen molar-refractivity contribution in [3.05, 3.63) is 49.0 Å². The van der Waals surface area contributed by atoms with Gasteiger partial charge in [0.15, 0.2) is 0 Å². The Morgan fingerprint density at radius 3 is 2.50 bits per heavy atom. The van der Waals surface area contributed by atoms with Crippen LogP contribution in [0.4, 0.5) is 14.5 Å². The zero-order valence-corrected chi connectivity index (χ0v) is 13.3. The monoisotopic (exact) mass is 395 g/mol. The molecule has 2 rings (SSSR count). The first kappa shape index (κ1) is 14.0. The summed E-state index contributed by atoms with van der Waals surface area (Å²) in [6, 6.07) is 3.97. The number of hydrogen-bond donors (Lipinski definition) is 1. The third-order valence-electron chi connectivity index (χ3n) is 2.41. The van der Waals surface area contributed by atoms with Gasteiger partial charge < -0.3 is 5.32 Å². The van der Waals surface area contributed by atoms with Gasteiger partial charge in [0.05, 0.1) is 11.7 Å². The van der Waals surface area contributed by atoms with Crippen LogP contribution < -0.4 is 5.32 Å². The molecule has 1 aromatic carbocycles. The highest BCUT2D eigenvalue weighted by Crippen LogP contribution is 2.34. The standard InChI is InChI=1S/C12H9Br2F2NS/c1-6(12-8(13)2-3-18-12)17-11-9(14)4-7(15)5-10(11)16/h2-6,17H,1H3. The van der Waals surface area contributed by atoms with Gasteiger partial charge in [-0.3, -0.25) is 0 Å². The number of nitrogens with one attached hydrogen (secondary N) is 1. The van der Waals surface area contributed by atoms with Crippen molar-refractivity contribution < 1.29 is 8.78 Å². The smallest absolute Gasteiger partial charge is 0.150 e. The molecule has 0 bridgehead atoms. The zero-order chi connectivity index (χ0) is 13.3. The maximum absolute atomic E-state index is 13.7. The molecule has 0 aliphatic carbocycles. The van der Waals surface area contributed by atoms with Crippen LogP contribution in [-0.2, 0) is 0 Å². The molecule has 0 spiro atoms. The van der Waals surface area contributed by atoms with Gasteiger partial charge in [0.2, 0.25) is 0 Å². The lowest BCUT2D eigenvalue weighted by Gasteiger charge is -2.16. The summed E-state index contributed by atoms with van der Waals surface area (Å²) in [5.41, 5.74) is 0.268. The highest BCUT2D eigenvalue weighted by atomic mass is 79.9. The lowest BCUT2D eigenvalue weighted by molar-refractivity contribution is 0.582. The zero-order valence-electron chi connectivity index (χ0n) is 9.31. The fraction of sp³-hybridized carbons (Fsp3) is 0.167. The second-order valence-corrected chi connectivity index (χ2v) is 6.40. The van der Waals surface area contributed by atoms with Crippen molar-refractivity contribution >= 4 is 48.9 Å². The highest BCUT2D eigenvalue weighted by Gasteiger charge is 2.15. The molecule has 1 atom stereocenters. The van der Waals surface area contributed by atoms with E-state index in [-0.39, 0.29) is 11.7 Å². The van der Waals surface area contributed by atoms with Crippen LogP contribution in [0.15, 0.2) is 32.5 Å². The molecule has 2 aromatic rings. The van der Waals surface area contributed by atoms with Gasteiger partial charge in [-0.2, -0.15) is 0 Å². The molecular weight excluding hydrogens is 388 g/mol. The summed E-state index contributed by atoms with van der Waals surface area (Å²) in [7, 11) is 0. The van der Waals surface area contributed by atoms with E-state index in [1.54, 1.807) is 11.3 Å². The second kappa shape index (κ2) is 5.67. The first-order valence-electron chi connectivity index (χ1n) is 5.13. The van der Waals surface area contributed by atoms with Gasteiger partial charge >= 0.3 is 0 Å². The molecule has 1 N–H and O–H groups in total. The van der Waals surface area contributed by atoms with Gasteiger partial charge in [-0.15, -0.1) is 11.3 Å². The topological polar surface area (TPSA) is 12.0 Å². The van der Waals surface area contributed by atoms with Crippen molar-refractivity contribution in [2.45, 2.75) is 13.0 Å². The molecule has 0 aliphatic rings. The Hall–Kier alpha value is -0.460. The molecule has 1 aromatic heterocycles. The third kappa shape index (κ3) is 2.92. The van der Waals surface area contributed by atoms with Gasteiger partial charge in [0.25, 0.3) is 0 Å². The van der Waals surface area contributed by atoms with Crippen molar-refractivity contribution in [1.82, 2.24) is 0 Å². The maximum atomic E-state index is 13.7. The number of hydrogen-bond acceptors (Lipinski definition) is 2. The van der Waals surface area contributed by atoms with E-state index in [0.29, 0.717) is 4.47 Å². The number of rotatable bonds is 3. The Labute approximate surface area is 124 Å². The van der Waals surface area contributed by atoms with Crippen LogP contribution in [-0.4, -0.2) is 0 Å². The third-order valence-corrected chi connectivity index (χ3v) is 5.08. The Morgan fingerprint density at radius 2 is 1.94 bits per heavy atom. The SMILES string of the molecule is CC(Nc1c(F)cc(F)cc1Br)c1sccc1Br. The maximum Gasteiger partial charge on any atom is 0.150 e. The minimum atomic E-state index is -0.610. The molecule has 0 saturated heterocycles. The van der Waals surface area contributed by atoms with Crippen LogP contribution >= 0.6 is 43.2 Å². The Bertz CT molecular complexity index is 548. The average molecular weight is 397 g/mol. The van der Waals surface area contributed by atoms with Gasteiger partial charge in [0, 0.05) is 19.9 Å². The number of benzene rings is 1. The number of anilines is 1. The van der Waals surface area contributed by atoms with E-state index in [2.05, 4.69) is 37.2 Å². The summed E-state index contributed by atoms with van der Waals surface area (Å²) < 4.78 is 28.0. The van der Waals surface area contributed by atoms with Gasteiger partial charge in [-0.05, 0) is 56.3 Å². The lowest BCUT2D eigenvalue weighted by atomic mass is 10.2. The van der Waals surface area contributed by atoms with E-state index in [0.717, 1.165) is 15.4 Å². The summed E-state index contributed by atoms with van der Waals surface area (Å²) in [6.07, 6.45) is 0. The average Bonchev–Trinajstić information content (AvgIpc) is 2.69. The minimum Gasteiger partial charge on any atom is -0.374 e. The normalized spacial score (nSPS) is 12.5. The highest BCUT2D eigenvalue weighted by molar-refractivity contribution is 9.11. The van der Waals surface area contributed by atoms with Crippen molar-refractivity contribution in [1.29, 1.82) is 0 Å². The Kier molecular flexibility index (Phi) is 4.40. The van der Waals surface area contributed by atoms with Crippen LogP contribution in [0.2, 0.25) is 0 Å². The van der Waals surface area contributed by atoms with Crippen molar-refractivity contribution in [3.63, 3.8) is 0 Å². The summed E-state index contributed by atoms with van der Waals surface area (Å²) in [5, 5.41) is 4.99. The van der Waals surface area contributed by atoms with Gasteiger partial charge in [-0.25, -0.2) is 8.78 Å². The van der Waals surface area contributed by atoms with Crippen LogP contribution in [0, 0.1) is 11.6 Å². The van der Waals surface area contributed by atoms with E-state index < -0.39 is 11.6 Å². The van der Waals surface area contributed by atoms with Crippen molar-refractivity contribution in [2.24, 2.45) is 0 Å². The first-order valence-corrected chi connectivity index (χ1v) is 7.59. The fourth-order valence-electron chi connectivity index (χ4n) is 1.58. The molecule has 1 heterocycles. The molecule has 96 valence electrons. The quantitative estimate of drug-likeness (QED) is 0.698. The van der Waals surface area contributed by atoms with Crippen molar-refractivity contribution in [3.8, 4) is 0 Å². The number of thiophene rings is 1. The molecule has 0 amide bonds. The summed E-state index contributed by atoms with van der Waals surface area (Å²) in [6.45, 7) is 1.92. The van der Waals surface area contributed by atoms with Crippen LogP contribution in [0.3, 0.4) is 0 Å². The Balaban J connectivity index is 2.27. The second-order valence-electron chi connectivity index (χ2n) is 3.74. The Morgan fingerprint density at radius 1 is 1.22 bits per heavy atom. The van der Waals surface area contributed by atoms with E-state index in [1.165, 1.54) is 6.07 Å². The largest absolute Gasteiger partial charge is 0.374 e. The summed E-state index contributed by atoms with van der Waals surface area (Å²) in [4.78, 5) is 1.06. The summed E-state index contributed by atoms with van der Waals surface area (Å²) in [5.74, 6) is -1.21. The van der Waals surface area contributed by atoms with E-state index >= 15 is 0 Å². The molecule has 1 nitrogen and oxygen atoms in total. The summed E-state index contributed by atoms with van der Waals surface area (Å²) >= 11 is 8.16.